The third-order valence-electron chi connectivity index (χ3n) is 3.46. The summed E-state index contributed by atoms with van der Waals surface area (Å²) < 4.78 is 1.03. The van der Waals surface area contributed by atoms with E-state index in [-0.39, 0.29) is 5.54 Å². The van der Waals surface area contributed by atoms with Gasteiger partial charge in [-0.25, -0.2) is 0 Å². The predicted molar refractivity (Wildman–Crippen MR) is 72.4 cm³/mol. The second-order valence-electron chi connectivity index (χ2n) is 4.16. The van der Waals surface area contributed by atoms with Crippen molar-refractivity contribution in [2.75, 3.05) is 0 Å². The Morgan fingerprint density at radius 2 is 1.81 bits per heavy atom. The summed E-state index contributed by atoms with van der Waals surface area (Å²) in [5, 5.41) is 3.64. The molecule has 1 rings (SSSR count). The summed E-state index contributed by atoms with van der Waals surface area (Å²) in [7, 11) is 0. The third kappa shape index (κ3) is 3.56. The highest BCUT2D eigenvalue weighted by Crippen LogP contribution is 2.19. The zero-order valence-corrected chi connectivity index (χ0v) is 12.0. The Bertz CT molecular complexity index is 296. The van der Waals surface area contributed by atoms with E-state index >= 15 is 0 Å². The van der Waals surface area contributed by atoms with Crippen LogP contribution >= 0.6 is 15.9 Å². The summed E-state index contributed by atoms with van der Waals surface area (Å²) >= 11 is 3.39. The Labute approximate surface area is 107 Å². The van der Waals surface area contributed by atoms with Gasteiger partial charge in [0.25, 0.3) is 0 Å². The van der Waals surface area contributed by atoms with Gasteiger partial charge in [-0.15, -0.1) is 0 Å². The molecular formula is C13H21BrN2. The second-order valence-corrected chi connectivity index (χ2v) is 5.08. The van der Waals surface area contributed by atoms with Crippen LogP contribution in [-0.2, 0) is 6.54 Å². The highest BCUT2D eigenvalue weighted by Gasteiger charge is 2.22. The molecule has 0 aliphatic carbocycles. The Morgan fingerprint density at radius 3 is 2.25 bits per heavy atom. The smallest absolute Gasteiger partial charge is 0.0542 e. The normalized spacial score (nSPS) is 11.8. The topological polar surface area (TPSA) is 24.9 Å². The van der Waals surface area contributed by atoms with E-state index in [2.05, 4.69) is 53.1 Å². The third-order valence-corrected chi connectivity index (χ3v) is 3.93. The number of rotatable bonds is 6. The van der Waals surface area contributed by atoms with Crippen LogP contribution in [0.15, 0.2) is 22.8 Å². The molecule has 1 aromatic heterocycles. The molecule has 0 aromatic carbocycles. The molecule has 0 saturated heterocycles. The SMILES string of the molecule is CCC(CC)(CC)NCc1ccc(Br)cn1. The van der Waals surface area contributed by atoms with Crippen LogP contribution in [0.5, 0.6) is 0 Å². The van der Waals surface area contributed by atoms with E-state index in [1.807, 2.05) is 12.3 Å². The summed E-state index contributed by atoms with van der Waals surface area (Å²) in [6, 6.07) is 4.10. The first-order valence-electron chi connectivity index (χ1n) is 6.01. The van der Waals surface area contributed by atoms with Gasteiger partial charge in [-0.05, 0) is 47.3 Å². The fraction of sp³-hybridized carbons (Fsp3) is 0.615. The van der Waals surface area contributed by atoms with E-state index in [1.54, 1.807) is 0 Å². The van der Waals surface area contributed by atoms with Crippen LogP contribution in [0.25, 0.3) is 0 Å². The van der Waals surface area contributed by atoms with Crippen molar-refractivity contribution < 1.29 is 0 Å². The average molecular weight is 285 g/mol. The average Bonchev–Trinajstić information content (AvgIpc) is 2.34. The van der Waals surface area contributed by atoms with Gasteiger partial charge in [0.2, 0.25) is 0 Å². The van der Waals surface area contributed by atoms with Gasteiger partial charge >= 0.3 is 0 Å². The van der Waals surface area contributed by atoms with Gasteiger partial charge in [0.05, 0.1) is 5.69 Å². The number of hydrogen-bond acceptors (Lipinski definition) is 2. The molecule has 1 aromatic rings. The Kier molecular flexibility index (Phi) is 5.42. The molecule has 0 spiro atoms. The monoisotopic (exact) mass is 284 g/mol. The van der Waals surface area contributed by atoms with Crippen LogP contribution in [-0.4, -0.2) is 10.5 Å². The molecule has 16 heavy (non-hydrogen) atoms. The Balaban J connectivity index is 2.58. The molecule has 0 amide bonds. The molecule has 1 heterocycles. The molecule has 0 radical (unpaired) electrons. The highest BCUT2D eigenvalue weighted by molar-refractivity contribution is 9.10. The number of pyridine rings is 1. The van der Waals surface area contributed by atoms with Gasteiger partial charge in [-0.1, -0.05) is 20.8 Å². The minimum Gasteiger partial charge on any atom is -0.306 e. The molecule has 0 aliphatic rings. The van der Waals surface area contributed by atoms with Gasteiger partial charge in [0.1, 0.15) is 0 Å². The van der Waals surface area contributed by atoms with Crippen LogP contribution in [0.3, 0.4) is 0 Å². The lowest BCUT2D eigenvalue weighted by Gasteiger charge is -2.31. The number of nitrogens with one attached hydrogen (secondary N) is 1. The van der Waals surface area contributed by atoms with Crippen molar-refractivity contribution in [3.63, 3.8) is 0 Å². The lowest BCUT2D eigenvalue weighted by Crippen LogP contribution is -2.43. The van der Waals surface area contributed by atoms with E-state index in [0.717, 1.165) is 36.0 Å². The number of nitrogens with zero attached hydrogens (tertiary/aromatic N) is 1. The lowest BCUT2D eigenvalue weighted by molar-refractivity contribution is 0.286. The molecule has 3 heteroatoms. The van der Waals surface area contributed by atoms with E-state index in [9.17, 15) is 0 Å². The number of hydrogen-bond donors (Lipinski definition) is 1. The maximum absolute atomic E-state index is 4.37. The van der Waals surface area contributed by atoms with Crippen LogP contribution in [0.4, 0.5) is 0 Å². The summed E-state index contributed by atoms with van der Waals surface area (Å²) in [4.78, 5) is 4.37. The molecule has 2 nitrogen and oxygen atoms in total. The van der Waals surface area contributed by atoms with Gasteiger partial charge in [-0.3, -0.25) is 4.98 Å². The number of aromatic nitrogens is 1. The predicted octanol–water partition coefficient (Wildman–Crippen LogP) is 3.90. The molecule has 90 valence electrons. The van der Waals surface area contributed by atoms with Crippen molar-refractivity contribution in [3.05, 3.63) is 28.5 Å². The van der Waals surface area contributed by atoms with E-state index in [1.165, 1.54) is 0 Å². The van der Waals surface area contributed by atoms with Crippen molar-refractivity contribution in [1.82, 2.24) is 10.3 Å². The molecule has 0 saturated carbocycles. The molecule has 1 N–H and O–H groups in total. The van der Waals surface area contributed by atoms with Crippen LogP contribution in [0, 0.1) is 0 Å². The first kappa shape index (κ1) is 13.7. The molecular weight excluding hydrogens is 264 g/mol. The standard InChI is InChI=1S/C13H21BrN2/c1-4-13(5-2,6-3)16-10-12-8-7-11(14)9-15-12/h7-9,16H,4-6,10H2,1-3H3. The first-order chi connectivity index (χ1) is 7.65. The van der Waals surface area contributed by atoms with Gasteiger partial charge in [-0.2, -0.15) is 0 Å². The van der Waals surface area contributed by atoms with E-state index < -0.39 is 0 Å². The summed E-state index contributed by atoms with van der Waals surface area (Å²) in [5.41, 5.74) is 1.37. The maximum atomic E-state index is 4.37. The highest BCUT2D eigenvalue weighted by atomic mass is 79.9. The van der Waals surface area contributed by atoms with Crippen molar-refractivity contribution in [2.45, 2.75) is 52.1 Å². The minimum atomic E-state index is 0.273. The van der Waals surface area contributed by atoms with Crippen molar-refractivity contribution in [2.24, 2.45) is 0 Å². The van der Waals surface area contributed by atoms with Crippen LogP contribution in [0.1, 0.15) is 45.7 Å². The minimum absolute atomic E-state index is 0.273. The largest absolute Gasteiger partial charge is 0.306 e. The molecule has 0 bridgehead atoms. The summed E-state index contributed by atoms with van der Waals surface area (Å²) in [6.45, 7) is 7.59. The fourth-order valence-corrected chi connectivity index (χ4v) is 2.15. The fourth-order valence-electron chi connectivity index (χ4n) is 1.91. The van der Waals surface area contributed by atoms with E-state index in [4.69, 9.17) is 0 Å². The van der Waals surface area contributed by atoms with Crippen molar-refractivity contribution >= 4 is 15.9 Å². The summed E-state index contributed by atoms with van der Waals surface area (Å²) in [5.74, 6) is 0. The van der Waals surface area contributed by atoms with Crippen LogP contribution < -0.4 is 5.32 Å². The van der Waals surface area contributed by atoms with Crippen molar-refractivity contribution in [3.8, 4) is 0 Å². The van der Waals surface area contributed by atoms with Crippen LogP contribution in [0.2, 0.25) is 0 Å². The van der Waals surface area contributed by atoms with Crippen molar-refractivity contribution in [1.29, 1.82) is 0 Å². The zero-order chi connectivity index (χ0) is 12.0. The molecule has 0 atom stereocenters. The molecule has 0 aliphatic heterocycles. The van der Waals surface area contributed by atoms with Gasteiger partial charge in [0, 0.05) is 22.8 Å². The number of halogens is 1. The Morgan fingerprint density at radius 1 is 1.19 bits per heavy atom. The zero-order valence-electron chi connectivity index (χ0n) is 10.4. The van der Waals surface area contributed by atoms with E-state index in [0.29, 0.717) is 0 Å². The maximum Gasteiger partial charge on any atom is 0.0542 e. The van der Waals surface area contributed by atoms with Gasteiger partial charge < -0.3 is 5.32 Å². The molecule has 0 fully saturated rings. The lowest BCUT2D eigenvalue weighted by atomic mass is 9.90. The summed E-state index contributed by atoms with van der Waals surface area (Å²) in [6.07, 6.45) is 5.34. The first-order valence-corrected chi connectivity index (χ1v) is 6.80. The quantitative estimate of drug-likeness (QED) is 0.857. The van der Waals surface area contributed by atoms with Gasteiger partial charge in [0.15, 0.2) is 0 Å². The second kappa shape index (κ2) is 6.36. The molecule has 0 unspecified atom stereocenters. The Hall–Kier alpha value is -0.410.